The fourth-order valence-corrected chi connectivity index (χ4v) is 5.91. The number of phosphoric ester groups is 1. The van der Waals surface area contributed by atoms with Gasteiger partial charge in [0.1, 0.15) is 4.70 Å². The van der Waals surface area contributed by atoms with Crippen molar-refractivity contribution in [2.24, 2.45) is 5.92 Å². The standard InChI is InChI=1S/C22H32N5O4PS2/c1-13(2)11-17(12-30-32(28,29)31-14(3)4)24-19-18-20(25-21(23)34-18)27-22(26-19)33-15(5)16-9-7-6-8-10-16/h6-10,13-15,17H,11-12H2,1-5H3,(H,28,29)(H3,23,24,25,26,27)/t15-,17?/m0/s1. The monoisotopic (exact) mass is 525 g/mol. The molecule has 2 aromatic heterocycles. The molecule has 0 aliphatic carbocycles. The predicted octanol–water partition coefficient (Wildman–Crippen LogP) is 5.89. The van der Waals surface area contributed by atoms with E-state index in [0.717, 1.165) is 4.70 Å². The summed E-state index contributed by atoms with van der Waals surface area (Å²) in [6.07, 6.45) is 0.254. The minimum Gasteiger partial charge on any atom is -0.375 e. The Kier molecular flexibility index (Phi) is 9.31. The lowest BCUT2D eigenvalue weighted by Crippen LogP contribution is -2.28. The van der Waals surface area contributed by atoms with Crippen LogP contribution in [0, 0.1) is 5.92 Å². The maximum absolute atomic E-state index is 12.2. The van der Waals surface area contributed by atoms with Crippen molar-refractivity contribution in [1.82, 2.24) is 15.0 Å². The zero-order valence-corrected chi connectivity index (χ0v) is 22.5. The van der Waals surface area contributed by atoms with E-state index in [0.29, 0.717) is 34.1 Å². The summed E-state index contributed by atoms with van der Waals surface area (Å²) >= 11 is 2.82. The van der Waals surface area contributed by atoms with Crippen LogP contribution in [0.3, 0.4) is 0 Å². The number of hydrogen-bond acceptors (Lipinski definition) is 10. The Morgan fingerprint density at radius 1 is 1.15 bits per heavy atom. The van der Waals surface area contributed by atoms with Crippen molar-refractivity contribution in [2.45, 2.75) is 63.6 Å². The lowest BCUT2D eigenvalue weighted by atomic mass is 10.0. The molecule has 3 rings (SSSR count). The molecule has 34 heavy (non-hydrogen) atoms. The minimum absolute atomic E-state index is 0.0264. The largest absolute Gasteiger partial charge is 0.472 e. The first kappa shape index (κ1) is 26.8. The first-order chi connectivity index (χ1) is 16.0. The van der Waals surface area contributed by atoms with Crippen molar-refractivity contribution in [3.05, 3.63) is 35.9 Å². The number of thioether (sulfide) groups is 1. The van der Waals surface area contributed by atoms with Crippen LogP contribution in [0.1, 0.15) is 51.9 Å². The van der Waals surface area contributed by atoms with Gasteiger partial charge in [-0.05, 0) is 38.7 Å². The lowest BCUT2D eigenvalue weighted by Gasteiger charge is -2.23. The molecule has 12 heteroatoms. The van der Waals surface area contributed by atoms with Crippen molar-refractivity contribution in [3.8, 4) is 0 Å². The zero-order valence-electron chi connectivity index (χ0n) is 20.0. The van der Waals surface area contributed by atoms with Crippen LogP contribution in [-0.2, 0) is 13.6 Å². The minimum atomic E-state index is -4.16. The topological polar surface area (TPSA) is 132 Å². The number of nitrogens with two attached hydrogens (primary N) is 1. The third-order valence-corrected chi connectivity index (χ3v) is 7.74. The van der Waals surface area contributed by atoms with Gasteiger partial charge in [-0.25, -0.2) is 19.5 Å². The summed E-state index contributed by atoms with van der Waals surface area (Å²) in [5.74, 6) is 0.884. The second-order valence-corrected chi connectivity index (χ2v) is 12.4. The molecule has 1 aromatic carbocycles. The summed E-state index contributed by atoms with van der Waals surface area (Å²) in [7, 11) is -4.16. The molecule has 186 valence electrons. The second kappa shape index (κ2) is 11.8. The maximum atomic E-state index is 12.2. The number of hydrogen-bond donors (Lipinski definition) is 3. The lowest BCUT2D eigenvalue weighted by molar-refractivity contribution is 0.115. The Labute approximate surface area is 208 Å². The van der Waals surface area contributed by atoms with E-state index in [1.807, 2.05) is 18.2 Å². The van der Waals surface area contributed by atoms with E-state index in [-0.39, 0.29) is 17.9 Å². The molecule has 0 fully saturated rings. The Bertz CT molecular complexity index is 1130. The van der Waals surface area contributed by atoms with E-state index in [1.54, 1.807) is 13.8 Å². The average molecular weight is 526 g/mol. The molecule has 9 nitrogen and oxygen atoms in total. The molecule has 0 spiro atoms. The number of nitrogen functional groups attached to an aromatic ring is 1. The van der Waals surface area contributed by atoms with Crippen LogP contribution < -0.4 is 11.1 Å². The smallest absolute Gasteiger partial charge is 0.375 e. The van der Waals surface area contributed by atoms with Crippen LogP contribution in [0.4, 0.5) is 10.9 Å². The van der Waals surface area contributed by atoms with Gasteiger partial charge in [-0.1, -0.05) is 67.3 Å². The number of rotatable bonds is 12. The molecule has 2 unspecified atom stereocenters. The highest BCUT2D eigenvalue weighted by atomic mass is 32.2. The SMILES string of the molecule is CC(C)CC(COP(=O)(O)OC(C)C)Nc1nc(S[C@@H](C)c2ccccc2)nc2nc(N)sc12. The fourth-order valence-electron chi connectivity index (χ4n) is 3.33. The van der Waals surface area contributed by atoms with E-state index < -0.39 is 13.9 Å². The summed E-state index contributed by atoms with van der Waals surface area (Å²) < 4.78 is 23.3. The van der Waals surface area contributed by atoms with Gasteiger partial charge >= 0.3 is 7.82 Å². The number of benzene rings is 1. The molecule has 0 radical (unpaired) electrons. The third kappa shape index (κ3) is 7.90. The summed E-state index contributed by atoms with van der Waals surface area (Å²) in [5.41, 5.74) is 7.65. The highest BCUT2D eigenvalue weighted by Gasteiger charge is 2.26. The molecule has 0 saturated heterocycles. The second-order valence-electron chi connectivity index (χ2n) is 8.62. The molecular weight excluding hydrogens is 493 g/mol. The van der Waals surface area contributed by atoms with Gasteiger partial charge in [0.15, 0.2) is 21.8 Å². The van der Waals surface area contributed by atoms with Crippen molar-refractivity contribution in [1.29, 1.82) is 0 Å². The van der Waals surface area contributed by atoms with E-state index in [2.05, 4.69) is 48.2 Å². The first-order valence-corrected chi connectivity index (χ1v) is 14.3. The maximum Gasteiger partial charge on any atom is 0.472 e. The number of nitrogens with zero attached hydrogens (tertiary/aromatic N) is 3. The Morgan fingerprint density at radius 3 is 2.50 bits per heavy atom. The predicted molar refractivity (Wildman–Crippen MR) is 139 cm³/mol. The van der Waals surface area contributed by atoms with Crippen LogP contribution in [0.25, 0.3) is 10.3 Å². The molecule has 0 saturated carbocycles. The molecule has 0 aliphatic rings. The van der Waals surface area contributed by atoms with Gasteiger partial charge < -0.3 is 15.9 Å². The highest BCUT2D eigenvalue weighted by molar-refractivity contribution is 7.99. The van der Waals surface area contributed by atoms with Crippen LogP contribution in [0.5, 0.6) is 0 Å². The molecule has 4 N–H and O–H groups in total. The molecule has 0 bridgehead atoms. The van der Waals surface area contributed by atoms with Gasteiger partial charge in [-0.15, -0.1) is 0 Å². The summed E-state index contributed by atoms with van der Waals surface area (Å²) in [4.78, 5) is 23.7. The van der Waals surface area contributed by atoms with Crippen molar-refractivity contribution in [2.75, 3.05) is 17.7 Å². The number of phosphoric acid groups is 1. The van der Waals surface area contributed by atoms with Crippen LogP contribution in [-0.4, -0.2) is 38.6 Å². The van der Waals surface area contributed by atoms with Crippen LogP contribution >= 0.6 is 30.9 Å². The fraction of sp³-hybridized carbons (Fsp3) is 0.500. The van der Waals surface area contributed by atoms with Crippen molar-refractivity contribution >= 4 is 52.2 Å². The Hall–Kier alpha value is -1.75. The normalized spacial score (nSPS) is 15.5. The van der Waals surface area contributed by atoms with Gasteiger partial charge in [0.25, 0.3) is 0 Å². The molecule has 0 aliphatic heterocycles. The number of anilines is 2. The summed E-state index contributed by atoms with van der Waals surface area (Å²) in [6.45, 7) is 9.57. The van der Waals surface area contributed by atoms with E-state index in [4.69, 9.17) is 19.8 Å². The van der Waals surface area contributed by atoms with Crippen molar-refractivity contribution in [3.63, 3.8) is 0 Å². The summed E-state index contributed by atoms with van der Waals surface area (Å²) in [5, 5.41) is 4.48. The van der Waals surface area contributed by atoms with Crippen LogP contribution in [0.15, 0.2) is 35.5 Å². The van der Waals surface area contributed by atoms with E-state index in [9.17, 15) is 9.46 Å². The molecule has 2 heterocycles. The number of nitrogens with one attached hydrogen (secondary N) is 1. The molecule has 3 aromatic rings. The molecule has 0 amide bonds. The number of fused-ring (bicyclic) bond motifs is 1. The van der Waals surface area contributed by atoms with Gasteiger partial charge in [-0.3, -0.25) is 9.05 Å². The third-order valence-electron chi connectivity index (χ3n) is 4.68. The average Bonchev–Trinajstić information content (AvgIpc) is 3.12. The molecule has 3 atom stereocenters. The Morgan fingerprint density at radius 2 is 1.85 bits per heavy atom. The first-order valence-electron chi connectivity index (χ1n) is 11.1. The van der Waals surface area contributed by atoms with E-state index in [1.165, 1.54) is 28.7 Å². The molecular formula is C22H32N5O4PS2. The van der Waals surface area contributed by atoms with Gasteiger partial charge in [-0.2, -0.15) is 0 Å². The zero-order chi connectivity index (χ0) is 24.9. The Balaban J connectivity index is 1.85. The van der Waals surface area contributed by atoms with Gasteiger partial charge in [0.05, 0.1) is 18.8 Å². The quantitative estimate of drug-likeness (QED) is 0.149. The number of thiazole rings is 1. The van der Waals surface area contributed by atoms with E-state index >= 15 is 0 Å². The van der Waals surface area contributed by atoms with Gasteiger partial charge in [0.2, 0.25) is 0 Å². The van der Waals surface area contributed by atoms with Crippen molar-refractivity contribution < 1.29 is 18.5 Å². The summed E-state index contributed by atoms with van der Waals surface area (Å²) in [6, 6.07) is 9.84. The highest BCUT2D eigenvalue weighted by Crippen LogP contribution is 2.45. The van der Waals surface area contributed by atoms with Gasteiger partial charge in [0, 0.05) is 5.25 Å². The number of aromatic nitrogens is 3. The van der Waals surface area contributed by atoms with Crippen LogP contribution in [0.2, 0.25) is 0 Å².